The molecule has 1 atom stereocenters. The van der Waals surface area contributed by atoms with Crippen LogP contribution in [0.2, 0.25) is 0 Å². The van der Waals surface area contributed by atoms with Crippen molar-refractivity contribution < 1.29 is 27.5 Å². The number of carbonyl (C=O) groups is 1. The van der Waals surface area contributed by atoms with Gasteiger partial charge in [0.1, 0.15) is 11.5 Å². The van der Waals surface area contributed by atoms with Gasteiger partial charge in [0, 0.05) is 17.7 Å². The van der Waals surface area contributed by atoms with E-state index in [1.165, 1.54) is 37.3 Å². The first-order valence-corrected chi connectivity index (χ1v) is 7.11. The van der Waals surface area contributed by atoms with Crippen molar-refractivity contribution in [2.75, 3.05) is 0 Å². The van der Waals surface area contributed by atoms with E-state index in [0.29, 0.717) is 5.56 Å². The van der Waals surface area contributed by atoms with Crippen LogP contribution in [0.3, 0.4) is 0 Å². The van der Waals surface area contributed by atoms with E-state index >= 15 is 0 Å². The van der Waals surface area contributed by atoms with Gasteiger partial charge in [0.05, 0.1) is 5.69 Å². The Balaban J connectivity index is 1.92. The molecule has 1 aliphatic heterocycles. The summed E-state index contributed by atoms with van der Waals surface area (Å²) in [6, 6.07) is 6.38. The van der Waals surface area contributed by atoms with Crippen LogP contribution in [0.25, 0.3) is 11.3 Å². The first-order valence-electron chi connectivity index (χ1n) is 7.11. The summed E-state index contributed by atoms with van der Waals surface area (Å²) in [5.74, 6) is -1.65. The predicted molar refractivity (Wildman–Crippen MR) is 78.9 cm³/mol. The molecule has 1 amide bonds. The number of aromatic nitrogens is 2. The molecule has 6 nitrogen and oxygen atoms in total. The first kappa shape index (κ1) is 17.1. The van der Waals surface area contributed by atoms with Gasteiger partial charge in [0.15, 0.2) is 0 Å². The predicted octanol–water partition coefficient (Wildman–Crippen LogP) is 2.69. The second-order valence-corrected chi connectivity index (χ2v) is 5.62. The van der Waals surface area contributed by atoms with Gasteiger partial charge < -0.3 is 5.11 Å². The van der Waals surface area contributed by atoms with E-state index in [1.807, 2.05) is 0 Å². The van der Waals surface area contributed by atoms with Crippen LogP contribution in [-0.4, -0.2) is 43.8 Å². The van der Waals surface area contributed by atoms with Crippen molar-refractivity contribution in [3.63, 3.8) is 0 Å². The molecule has 2 heterocycles. The molecule has 0 bridgehead atoms. The second-order valence-electron chi connectivity index (χ2n) is 5.62. The van der Waals surface area contributed by atoms with E-state index in [1.54, 1.807) is 0 Å². The van der Waals surface area contributed by atoms with Gasteiger partial charge in [-0.15, -0.1) is 0 Å². The molecule has 0 saturated heterocycles. The molecule has 132 valence electrons. The zero-order valence-corrected chi connectivity index (χ0v) is 12.8. The van der Waals surface area contributed by atoms with Crippen LogP contribution >= 0.6 is 0 Å². The van der Waals surface area contributed by atoms with E-state index in [-0.39, 0.29) is 22.1 Å². The van der Waals surface area contributed by atoms with Gasteiger partial charge in [0.25, 0.3) is 11.6 Å². The molecule has 10 heteroatoms. The van der Waals surface area contributed by atoms with Gasteiger partial charge in [-0.25, -0.2) is 4.39 Å². The SMILES string of the molecule is CC1=NN(C(=O)c2cc(-c3ccc(F)cc3)n[nH]2)[C@@](O)(C(F)(F)F)C1. The lowest BCUT2D eigenvalue weighted by molar-refractivity contribution is -0.297. The number of rotatable bonds is 2. The number of hydrazone groups is 1. The lowest BCUT2D eigenvalue weighted by Gasteiger charge is -2.32. The average molecular weight is 356 g/mol. The van der Waals surface area contributed by atoms with Crippen molar-refractivity contribution >= 4 is 11.6 Å². The smallest absolute Gasteiger partial charge is 0.362 e. The lowest BCUT2D eigenvalue weighted by Crippen LogP contribution is -2.56. The molecule has 2 N–H and O–H groups in total. The second kappa shape index (κ2) is 5.66. The fourth-order valence-corrected chi connectivity index (χ4v) is 2.47. The highest BCUT2D eigenvalue weighted by molar-refractivity contribution is 5.97. The van der Waals surface area contributed by atoms with Gasteiger partial charge in [-0.2, -0.15) is 28.4 Å². The summed E-state index contributed by atoms with van der Waals surface area (Å²) >= 11 is 0. The van der Waals surface area contributed by atoms with Gasteiger partial charge >= 0.3 is 6.18 Å². The van der Waals surface area contributed by atoms with E-state index in [9.17, 15) is 27.5 Å². The Morgan fingerprint density at radius 3 is 2.56 bits per heavy atom. The summed E-state index contributed by atoms with van der Waals surface area (Å²) in [5, 5.41) is 19.6. The Bertz CT molecular complexity index is 844. The number of alkyl halides is 3. The van der Waals surface area contributed by atoms with E-state index in [0.717, 1.165) is 0 Å². The number of halogens is 4. The van der Waals surface area contributed by atoms with Crippen molar-refractivity contribution in [3.05, 3.63) is 41.8 Å². The maximum absolute atomic E-state index is 13.2. The fourth-order valence-electron chi connectivity index (χ4n) is 2.47. The number of amides is 1. The highest BCUT2D eigenvalue weighted by Crippen LogP contribution is 2.40. The molecule has 0 unspecified atom stereocenters. The third kappa shape index (κ3) is 2.88. The molecule has 0 aliphatic carbocycles. The number of nitrogens with one attached hydrogen (secondary N) is 1. The van der Waals surface area contributed by atoms with Crippen LogP contribution in [-0.2, 0) is 0 Å². The van der Waals surface area contributed by atoms with Gasteiger partial charge in [-0.1, -0.05) is 0 Å². The molecular weight excluding hydrogens is 344 g/mol. The third-order valence-electron chi connectivity index (χ3n) is 3.72. The fraction of sp³-hybridized carbons (Fsp3) is 0.267. The molecule has 0 spiro atoms. The number of hydrogen-bond donors (Lipinski definition) is 2. The summed E-state index contributed by atoms with van der Waals surface area (Å²) in [7, 11) is 0. The number of H-pyrrole nitrogens is 1. The third-order valence-corrected chi connectivity index (χ3v) is 3.72. The molecule has 2 aromatic rings. The molecule has 1 aromatic carbocycles. The summed E-state index contributed by atoms with van der Waals surface area (Å²) in [4.78, 5) is 12.4. The van der Waals surface area contributed by atoms with E-state index in [2.05, 4.69) is 15.3 Å². The summed E-state index contributed by atoms with van der Waals surface area (Å²) in [6.45, 7) is 1.28. The van der Waals surface area contributed by atoms with Crippen molar-refractivity contribution in [3.8, 4) is 11.3 Å². The maximum Gasteiger partial charge on any atom is 0.438 e. The number of nitrogens with zero attached hydrogens (tertiary/aromatic N) is 3. The van der Waals surface area contributed by atoms with E-state index in [4.69, 9.17) is 0 Å². The Morgan fingerprint density at radius 1 is 1.32 bits per heavy atom. The quantitative estimate of drug-likeness (QED) is 0.812. The van der Waals surface area contributed by atoms with Crippen LogP contribution < -0.4 is 0 Å². The van der Waals surface area contributed by atoms with Crippen LogP contribution in [0.4, 0.5) is 17.6 Å². The Hall–Kier alpha value is -2.75. The molecule has 0 radical (unpaired) electrons. The van der Waals surface area contributed by atoms with Crippen LogP contribution in [0, 0.1) is 5.82 Å². The summed E-state index contributed by atoms with van der Waals surface area (Å²) in [6.07, 6.45) is -5.91. The first-order chi connectivity index (χ1) is 11.6. The van der Waals surface area contributed by atoms with Crippen molar-refractivity contribution in [1.82, 2.24) is 15.2 Å². The average Bonchev–Trinajstić information content (AvgIpc) is 3.12. The molecule has 0 fully saturated rings. The summed E-state index contributed by atoms with van der Waals surface area (Å²) in [5.41, 5.74) is -3.04. The van der Waals surface area contributed by atoms with Crippen LogP contribution in [0.1, 0.15) is 23.8 Å². The van der Waals surface area contributed by atoms with Crippen LogP contribution in [0.15, 0.2) is 35.4 Å². The highest BCUT2D eigenvalue weighted by Gasteiger charge is 2.62. The number of benzene rings is 1. The van der Waals surface area contributed by atoms with Gasteiger partial charge in [-0.3, -0.25) is 9.89 Å². The summed E-state index contributed by atoms with van der Waals surface area (Å²) < 4.78 is 52.5. The number of hydrogen-bond acceptors (Lipinski definition) is 4. The Morgan fingerprint density at radius 2 is 1.96 bits per heavy atom. The zero-order chi connectivity index (χ0) is 18.4. The van der Waals surface area contributed by atoms with E-state index < -0.39 is 30.0 Å². The van der Waals surface area contributed by atoms with Gasteiger partial charge in [-0.05, 0) is 37.3 Å². The van der Waals surface area contributed by atoms with Crippen molar-refractivity contribution in [2.24, 2.45) is 5.10 Å². The topological polar surface area (TPSA) is 81.6 Å². The minimum Gasteiger partial charge on any atom is -0.362 e. The molecule has 1 aromatic heterocycles. The van der Waals surface area contributed by atoms with Crippen molar-refractivity contribution in [1.29, 1.82) is 0 Å². The van der Waals surface area contributed by atoms with Crippen LogP contribution in [0.5, 0.6) is 0 Å². The molecule has 0 saturated carbocycles. The zero-order valence-electron chi connectivity index (χ0n) is 12.8. The monoisotopic (exact) mass is 356 g/mol. The molecule has 1 aliphatic rings. The Kier molecular flexibility index (Phi) is 3.87. The number of carbonyl (C=O) groups excluding carboxylic acids is 1. The minimum atomic E-state index is -5.08. The minimum absolute atomic E-state index is 0.00425. The molecular formula is C15H12F4N4O2. The molecule has 25 heavy (non-hydrogen) atoms. The standard InChI is InChI=1S/C15H12F4N4O2/c1-8-7-14(25,15(17,18)19)23(22-8)13(24)12-6-11(20-21-12)9-2-4-10(16)5-3-9/h2-6,25H,7H2,1H3,(H,20,21)/t14-/m0/s1. The lowest BCUT2D eigenvalue weighted by atomic mass is 10.1. The van der Waals surface area contributed by atoms with Gasteiger partial charge in [0.2, 0.25) is 0 Å². The number of aromatic amines is 1. The number of aliphatic hydroxyl groups is 1. The van der Waals surface area contributed by atoms with Crippen molar-refractivity contribution in [2.45, 2.75) is 25.2 Å². The largest absolute Gasteiger partial charge is 0.438 e. The molecule has 3 rings (SSSR count). The maximum atomic E-state index is 13.2. The highest BCUT2D eigenvalue weighted by atomic mass is 19.4. The Labute approximate surface area is 138 Å². The normalized spacial score (nSPS) is 20.7.